The number of hydrogen-bond donors (Lipinski definition) is 0. The average Bonchev–Trinajstić information content (AvgIpc) is 3.60. The Morgan fingerprint density at radius 2 is 0.735 bits per heavy atom. The Morgan fingerprint density at radius 3 is 1.31 bits per heavy atom. The van der Waals surface area contributed by atoms with E-state index < -0.39 is 0 Å². The Labute approximate surface area is 289 Å². The molecule has 0 aliphatic heterocycles. The van der Waals surface area contributed by atoms with Crippen molar-refractivity contribution in [2.45, 2.75) is 36.5 Å². The maximum absolute atomic E-state index is 2.53. The van der Waals surface area contributed by atoms with Gasteiger partial charge >= 0.3 is 0 Å². The average molecular weight is 628 g/mol. The Kier molecular flexibility index (Phi) is 6.33. The molecule has 1 heteroatoms. The molecule has 0 unspecified atom stereocenters. The van der Waals surface area contributed by atoms with Crippen molar-refractivity contribution in [1.82, 2.24) is 0 Å². The van der Waals surface area contributed by atoms with E-state index in [9.17, 15) is 0 Å². The third kappa shape index (κ3) is 4.18. The predicted octanol–water partition coefficient (Wildman–Crippen LogP) is 12.6. The first-order valence-electron chi connectivity index (χ1n) is 17.7. The van der Waals surface area contributed by atoms with Gasteiger partial charge < -0.3 is 4.90 Å². The van der Waals surface area contributed by atoms with E-state index >= 15 is 0 Å². The number of fused-ring (bicyclic) bond motifs is 10. The fourth-order valence-corrected chi connectivity index (χ4v) is 9.63. The lowest BCUT2D eigenvalue weighted by Gasteiger charge is -2.46. The van der Waals surface area contributed by atoms with Gasteiger partial charge in [0.2, 0.25) is 0 Å². The molecule has 3 aliphatic carbocycles. The lowest BCUT2D eigenvalue weighted by molar-refractivity contribution is 0.265. The van der Waals surface area contributed by atoms with Crippen LogP contribution in [0.2, 0.25) is 0 Å². The first-order valence-corrected chi connectivity index (χ1v) is 17.7. The fraction of sp³-hybridized carbons (Fsp3) is 0.125. The van der Waals surface area contributed by atoms with E-state index in [1.165, 1.54) is 72.7 Å². The van der Waals surface area contributed by atoms with Crippen molar-refractivity contribution < 1.29 is 0 Å². The number of hydrogen-bond acceptors (Lipinski definition) is 1. The molecule has 49 heavy (non-hydrogen) atoms. The minimum atomic E-state index is -0.0672. The lowest BCUT2D eigenvalue weighted by Crippen LogP contribution is -2.39. The van der Waals surface area contributed by atoms with E-state index in [2.05, 4.69) is 181 Å². The van der Waals surface area contributed by atoms with Gasteiger partial charge in [-0.2, -0.15) is 0 Å². The van der Waals surface area contributed by atoms with Gasteiger partial charge in [-0.1, -0.05) is 133 Å². The van der Waals surface area contributed by atoms with Crippen LogP contribution in [0.1, 0.15) is 47.9 Å². The number of para-hydroxylation sites is 2. The highest BCUT2D eigenvalue weighted by Crippen LogP contribution is 2.64. The van der Waals surface area contributed by atoms with Crippen LogP contribution in [0.25, 0.3) is 33.4 Å². The molecular weight excluding hydrogens is 591 g/mol. The lowest BCUT2D eigenvalue weighted by atomic mass is 9.57. The molecule has 0 atom stereocenters. The second kappa shape index (κ2) is 10.9. The van der Waals surface area contributed by atoms with Crippen molar-refractivity contribution in [3.8, 4) is 33.4 Å². The first kappa shape index (κ1) is 28.4. The summed E-state index contributed by atoms with van der Waals surface area (Å²) >= 11 is 0. The van der Waals surface area contributed by atoms with Crippen molar-refractivity contribution in [3.05, 3.63) is 198 Å². The normalized spacial score (nSPS) is 15.8. The summed E-state index contributed by atoms with van der Waals surface area (Å²) in [5.41, 5.74) is 17.8. The summed E-state index contributed by atoms with van der Waals surface area (Å²) < 4.78 is 0. The molecule has 1 fully saturated rings. The van der Waals surface area contributed by atoms with Crippen LogP contribution in [-0.4, -0.2) is 0 Å². The van der Waals surface area contributed by atoms with Gasteiger partial charge in [-0.3, -0.25) is 0 Å². The monoisotopic (exact) mass is 627 g/mol. The van der Waals surface area contributed by atoms with Gasteiger partial charge in [-0.05, 0) is 124 Å². The van der Waals surface area contributed by atoms with Crippen LogP contribution in [0.5, 0.6) is 0 Å². The highest BCUT2D eigenvalue weighted by atomic mass is 15.1. The second-order valence-corrected chi connectivity index (χ2v) is 14.1. The maximum Gasteiger partial charge on any atom is 0.0465 e. The van der Waals surface area contributed by atoms with Crippen molar-refractivity contribution in [2.75, 3.05) is 4.90 Å². The zero-order valence-corrected chi connectivity index (χ0v) is 27.5. The molecule has 1 saturated carbocycles. The predicted molar refractivity (Wildman–Crippen MR) is 204 cm³/mol. The van der Waals surface area contributed by atoms with Gasteiger partial charge in [0.25, 0.3) is 0 Å². The smallest absolute Gasteiger partial charge is 0.0465 e. The molecule has 0 radical (unpaired) electrons. The van der Waals surface area contributed by atoms with Crippen LogP contribution in [0, 0.1) is 0 Å². The number of anilines is 3. The van der Waals surface area contributed by atoms with E-state index in [1.807, 2.05) is 0 Å². The van der Waals surface area contributed by atoms with Crippen LogP contribution in [0.4, 0.5) is 17.1 Å². The summed E-state index contributed by atoms with van der Waals surface area (Å²) in [6.45, 7) is 0. The van der Waals surface area contributed by atoms with Crippen LogP contribution < -0.4 is 4.90 Å². The van der Waals surface area contributed by atoms with Gasteiger partial charge in [0, 0.05) is 27.9 Å². The van der Waals surface area contributed by atoms with Crippen molar-refractivity contribution in [1.29, 1.82) is 0 Å². The Morgan fingerprint density at radius 1 is 0.306 bits per heavy atom. The molecule has 10 rings (SSSR count). The third-order valence-corrected chi connectivity index (χ3v) is 11.9. The molecule has 0 aromatic heterocycles. The minimum absolute atomic E-state index is 0.0517. The summed E-state index contributed by atoms with van der Waals surface area (Å²) in [4.78, 5) is 2.42. The number of rotatable bonds is 4. The molecule has 0 amide bonds. The third-order valence-electron chi connectivity index (χ3n) is 11.9. The molecule has 0 saturated heterocycles. The highest BCUT2D eigenvalue weighted by Gasteiger charge is 2.53. The molecule has 7 aromatic carbocycles. The number of benzene rings is 7. The van der Waals surface area contributed by atoms with E-state index in [1.54, 1.807) is 0 Å². The zero-order valence-electron chi connectivity index (χ0n) is 27.5. The zero-order chi connectivity index (χ0) is 32.4. The Bertz CT molecular complexity index is 2240. The summed E-state index contributed by atoms with van der Waals surface area (Å²) in [5, 5.41) is 0. The molecule has 234 valence electrons. The molecule has 3 aliphatic rings. The summed E-state index contributed by atoms with van der Waals surface area (Å²) in [7, 11) is 0. The van der Waals surface area contributed by atoms with Gasteiger partial charge in [0.05, 0.1) is 0 Å². The number of nitrogens with zero attached hydrogens (tertiary/aromatic N) is 1. The van der Waals surface area contributed by atoms with Crippen LogP contribution >= 0.6 is 0 Å². The van der Waals surface area contributed by atoms with Gasteiger partial charge in [-0.15, -0.1) is 0 Å². The van der Waals surface area contributed by atoms with E-state index in [4.69, 9.17) is 0 Å². The Balaban J connectivity index is 1.15. The van der Waals surface area contributed by atoms with Crippen LogP contribution in [0.3, 0.4) is 0 Å². The van der Waals surface area contributed by atoms with Crippen LogP contribution in [-0.2, 0) is 10.8 Å². The summed E-state index contributed by atoms with van der Waals surface area (Å²) in [6.07, 6.45) is 4.46. The van der Waals surface area contributed by atoms with E-state index in [0.29, 0.717) is 0 Å². The molecule has 0 heterocycles. The molecule has 0 N–H and O–H groups in total. The topological polar surface area (TPSA) is 3.24 Å². The minimum Gasteiger partial charge on any atom is -0.310 e. The van der Waals surface area contributed by atoms with E-state index in [0.717, 1.165) is 25.7 Å². The quantitative estimate of drug-likeness (QED) is 0.188. The van der Waals surface area contributed by atoms with Gasteiger partial charge in [0.15, 0.2) is 0 Å². The molecule has 7 aromatic rings. The van der Waals surface area contributed by atoms with Crippen molar-refractivity contribution >= 4 is 17.1 Å². The Hall–Kier alpha value is -5.66. The largest absolute Gasteiger partial charge is 0.310 e. The maximum atomic E-state index is 2.53. The summed E-state index contributed by atoms with van der Waals surface area (Å²) in [6, 6.07) is 65.5. The van der Waals surface area contributed by atoms with Crippen molar-refractivity contribution in [3.63, 3.8) is 0 Å². The standard InChI is InChI=1S/C48H37N/c1-4-14-34(15-5-1)35-24-26-41-42-27-25-38(49(36-16-6-2-7-17-36)37-18-8-3-9-19-37)33-46(42)48(45(41)32-35)30-28-47(29-31-48)43-22-12-10-20-39(43)40-21-11-13-23-44(40)47/h1-27,32-33H,28-31H2. The van der Waals surface area contributed by atoms with Crippen LogP contribution in [0.15, 0.2) is 176 Å². The van der Waals surface area contributed by atoms with E-state index in [-0.39, 0.29) is 10.8 Å². The summed E-state index contributed by atoms with van der Waals surface area (Å²) in [5.74, 6) is 0. The van der Waals surface area contributed by atoms with Gasteiger partial charge in [0.1, 0.15) is 0 Å². The molecule has 0 bridgehead atoms. The fourth-order valence-electron chi connectivity index (χ4n) is 9.63. The highest BCUT2D eigenvalue weighted by molar-refractivity contribution is 5.88. The van der Waals surface area contributed by atoms with Gasteiger partial charge in [-0.25, -0.2) is 0 Å². The molecule has 2 spiro atoms. The first-order chi connectivity index (χ1) is 24.3. The second-order valence-electron chi connectivity index (χ2n) is 14.1. The SMILES string of the molecule is c1ccc(-c2ccc3c(c2)C2(CCC4(CC2)c2ccccc2-c2ccccc24)c2cc(N(c4ccccc4)c4ccccc4)ccc2-3)cc1. The molecule has 1 nitrogen and oxygen atoms in total. The van der Waals surface area contributed by atoms with Crippen molar-refractivity contribution in [2.24, 2.45) is 0 Å². The molecular formula is C48H37N.